The number of nitrogens with two attached hydrogens (primary N) is 1. The average Bonchev–Trinajstić information content (AvgIpc) is 3.16. The number of nitrogens with one attached hydrogen (secondary N) is 1. The van der Waals surface area contributed by atoms with Crippen molar-refractivity contribution in [2.45, 2.75) is 19.4 Å². The number of nitrogen functional groups attached to an aromatic ring is 1. The number of carbonyl (C=O) groups excluding carboxylic acids is 1. The van der Waals surface area contributed by atoms with E-state index in [0.29, 0.717) is 28.6 Å². The Bertz CT molecular complexity index is 766. The summed E-state index contributed by atoms with van der Waals surface area (Å²) in [6.07, 6.45) is 4.22. The molecule has 1 aromatic heterocycles. The van der Waals surface area contributed by atoms with Crippen molar-refractivity contribution in [2.24, 2.45) is 0 Å². The van der Waals surface area contributed by atoms with Crippen LogP contribution in [0.4, 0.5) is 11.5 Å². The molecule has 1 aliphatic heterocycles. The molecule has 0 bridgehead atoms. The number of halogens is 3. The zero-order chi connectivity index (χ0) is 17.8. The highest BCUT2D eigenvalue weighted by atomic mass is 35.5. The van der Waals surface area contributed by atoms with Crippen molar-refractivity contribution in [3.63, 3.8) is 0 Å². The fraction of sp³-hybridized carbons (Fsp3) is 0.333. The Labute approximate surface area is 176 Å². The Hall–Kier alpha value is -1.89. The van der Waals surface area contributed by atoms with E-state index in [1.165, 1.54) is 26.0 Å². The number of pyridine rings is 1. The van der Waals surface area contributed by atoms with E-state index in [-0.39, 0.29) is 30.7 Å². The number of benzene rings is 1. The van der Waals surface area contributed by atoms with E-state index in [1.54, 1.807) is 12.3 Å². The molecule has 6 nitrogen and oxygen atoms in total. The minimum atomic E-state index is -0.276. The normalized spacial score (nSPS) is 12.7. The van der Waals surface area contributed by atoms with Crippen molar-refractivity contribution in [1.82, 2.24) is 10.3 Å². The van der Waals surface area contributed by atoms with Gasteiger partial charge in [-0.3, -0.25) is 4.79 Å². The average molecular weight is 434 g/mol. The third kappa shape index (κ3) is 5.54. The summed E-state index contributed by atoms with van der Waals surface area (Å²) in [5, 5.41) is 3.18. The number of methoxy groups -OCH3 is 1. The first-order valence-corrected chi connectivity index (χ1v) is 8.57. The van der Waals surface area contributed by atoms with Crippen LogP contribution in [0.5, 0.6) is 5.75 Å². The van der Waals surface area contributed by atoms with Crippen LogP contribution in [0.1, 0.15) is 28.8 Å². The predicted octanol–water partition coefficient (Wildman–Crippen LogP) is 3.70. The molecule has 1 amide bonds. The molecule has 3 N–H and O–H groups in total. The zero-order valence-corrected chi connectivity index (χ0v) is 17.3. The fourth-order valence-electron chi connectivity index (χ4n) is 2.85. The number of anilines is 2. The maximum absolute atomic E-state index is 12.4. The Balaban J connectivity index is 0.00000182. The summed E-state index contributed by atoms with van der Waals surface area (Å²) >= 11 is 6.01. The van der Waals surface area contributed by atoms with Crippen LogP contribution in [0.3, 0.4) is 0 Å². The van der Waals surface area contributed by atoms with Gasteiger partial charge in [0.15, 0.2) is 0 Å². The molecule has 1 fully saturated rings. The SMILES string of the molecule is COc1cc(N)c(Cl)cc1C(=O)NCc1ccc(N2CCCC2)nc1.Cl.Cl. The van der Waals surface area contributed by atoms with Gasteiger partial charge in [0.1, 0.15) is 11.6 Å². The first-order chi connectivity index (χ1) is 12.1. The van der Waals surface area contributed by atoms with Gasteiger partial charge in [-0.25, -0.2) is 4.98 Å². The third-order valence-electron chi connectivity index (χ3n) is 4.26. The van der Waals surface area contributed by atoms with E-state index in [4.69, 9.17) is 22.1 Å². The van der Waals surface area contributed by atoms with Gasteiger partial charge in [0.2, 0.25) is 0 Å². The van der Waals surface area contributed by atoms with Crippen molar-refractivity contribution in [3.8, 4) is 5.75 Å². The molecule has 2 aromatic rings. The summed E-state index contributed by atoms with van der Waals surface area (Å²) < 4.78 is 5.21. The summed E-state index contributed by atoms with van der Waals surface area (Å²) in [5.74, 6) is 1.10. The molecular weight excluding hydrogens is 411 g/mol. The van der Waals surface area contributed by atoms with Crippen LogP contribution in [-0.4, -0.2) is 31.1 Å². The van der Waals surface area contributed by atoms with Gasteiger partial charge in [-0.05, 0) is 30.5 Å². The number of aromatic nitrogens is 1. The highest BCUT2D eigenvalue weighted by Gasteiger charge is 2.16. The van der Waals surface area contributed by atoms with Gasteiger partial charge in [0, 0.05) is 31.9 Å². The molecule has 2 heterocycles. The van der Waals surface area contributed by atoms with Gasteiger partial charge in [0.05, 0.1) is 23.4 Å². The summed E-state index contributed by atoms with van der Waals surface area (Å²) in [6.45, 7) is 2.48. The number of carbonyl (C=O) groups is 1. The summed E-state index contributed by atoms with van der Waals surface area (Å²) in [7, 11) is 1.49. The first-order valence-electron chi connectivity index (χ1n) is 8.19. The Kier molecular flexibility index (Phi) is 8.96. The topological polar surface area (TPSA) is 80.5 Å². The molecular formula is C18H23Cl3N4O2. The molecule has 1 aromatic carbocycles. The minimum Gasteiger partial charge on any atom is -0.496 e. The Morgan fingerprint density at radius 1 is 1.30 bits per heavy atom. The van der Waals surface area contributed by atoms with Gasteiger partial charge < -0.3 is 20.7 Å². The van der Waals surface area contributed by atoms with Crippen LogP contribution in [0.15, 0.2) is 30.5 Å². The maximum atomic E-state index is 12.4. The minimum absolute atomic E-state index is 0. The number of ether oxygens (including phenoxy) is 1. The zero-order valence-electron chi connectivity index (χ0n) is 14.9. The third-order valence-corrected chi connectivity index (χ3v) is 4.58. The Morgan fingerprint density at radius 3 is 2.59 bits per heavy atom. The molecule has 0 unspecified atom stereocenters. The Morgan fingerprint density at radius 2 is 2.00 bits per heavy atom. The van der Waals surface area contributed by atoms with Crippen molar-refractivity contribution in [1.29, 1.82) is 0 Å². The molecule has 0 atom stereocenters. The summed E-state index contributed by atoms with van der Waals surface area (Å²) in [5.41, 5.74) is 7.39. The second-order valence-electron chi connectivity index (χ2n) is 5.98. The molecule has 148 valence electrons. The quantitative estimate of drug-likeness (QED) is 0.703. The van der Waals surface area contributed by atoms with E-state index in [2.05, 4.69) is 15.2 Å². The monoisotopic (exact) mass is 432 g/mol. The molecule has 0 saturated carbocycles. The number of hydrogen-bond donors (Lipinski definition) is 2. The van der Waals surface area contributed by atoms with Crippen LogP contribution in [-0.2, 0) is 6.54 Å². The van der Waals surface area contributed by atoms with Gasteiger partial charge in [0.25, 0.3) is 5.91 Å². The summed E-state index contributed by atoms with van der Waals surface area (Å²) in [4.78, 5) is 19.2. The lowest BCUT2D eigenvalue weighted by molar-refractivity contribution is 0.0948. The standard InChI is InChI=1S/C18H21ClN4O2.2ClH/c1-25-16-9-15(20)14(19)8-13(16)18(24)22-11-12-4-5-17(21-10-12)23-6-2-3-7-23;;/h4-5,8-10H,2-3,6-7,11,20H2,1H3,(H,22,24);2*1H. The van der Waals surface area contributed by atoms with Crippen LogP contribution in [0.2, 0.25) is 5.02 Å². The van der Waals surface area contributed by atoms with E-state index in [0.717, 1.165) is 24.5 Å². The molecule has 0 radical (unpaired) electrons. The van der Waals surface area contributed by atoms with E-state index < -0.39 is 0 Å². The van der Waals surface area contributed by atoms with Gasteiger partial charge >= 0.3 is 0 Å². The highest BCUT2D eigenvalue weighted by molar-refractivity contribution is 6.33. The van der Waals surface area contributed by atoms with Crippen LogP contribution in [0, 0.1) is 0 Å². The number of rotatable bonds is 5. The van der Waals surface area contributed by atoms with Crippen molar-refractivity contribution < 1.29 is 9.53 Å². The molecule has 1 aliphatic rings. The summed E-state index contributed by atoms with van der Waals surface area (Å²) in [6, 6.07) is 7.03. The number of nitrogens with zero attached hydrogens (tertiary/aromatic N) is 2. The van der Waals surface area contributed by atoms with Crippen molar-refractivity contribution in [2.75, 3.05) is 30.8 Å². The lowest BCUT2D eigenvalue weighted by Crippen LogP contribution is -2.24. The second-order valence-corrected chi connectivity index (χ2v) is 6.38. The number of hydrogen-bond acceptors (Lipinski definition) is 5. The number of amides is 1. The second kappa shape index (κ2) is 10.4. The molecule has 9 heteroatoms. The smallest absolute Gasteiger partial charge is 0.255 e. The van der Waals surface area contributed by atoms with Crippen LogP contribution in [0.25, 0.3) is 0 Å². The van der Waals surface area contributed by atoms with Gasteiger partial charge in [-0.15, -0.1) is 24.8 Å². The molecule has 1 saturated heterocycles. The van der Waals surface area contributed by atoms with E-state index in [1.807, 2.05) is 12.1 Å². The lowest BCUT2D eigenvalue weighted by Gasteiger charge is -2.16. The predicted molar refractivity (Wildman–Crippen MR) is 114 cm³/mol. The van der Waals surface area contributed by atoms with Crippen LogP contribution < -0.4 is 20.7 Å². The largest absolute Gasteiger partial charge is 0.496 e. The van der Waals surface area contributed by atoms with E-state index in [9.17, 15) is 4.79 Å². The van der Waals surface area contributed by atoms with Crippen LogP contribution >= 0.6 is 36.4 Å². The molecule has 27 heavy (non-hydrogen) atoms. The first kappa shape index (κ1) is 23.1. The molecule has 0 spiro atoms. The highest BCUT2D eigenvalue weighted by Crippen LogP contribution is 2.28. The molecule has 0 aliphatic carbocycles. The fourth-order valence-corrected chi connectivity index (χ4v) is 3.01. The van der Waals surface area contributed by atoms with E-state index >= 15 is 0 Å². The van der Waals surface area contributed by atoms with Gasteiger partial charge in [-0.2, -0.15) is 0 Å². The van der Waals surface area contributed by atoms with Crippen molar-refractivity contribution in [3.05, 3.63) is 46.6 Å². The van der Waals surface area contributed by atoms with Crippen molar-refractivity contribution >= 4 is 53.8 Å². The maximum Gasteiger partial charge on any atom is 0.255 e. The van der Waals surface area contributed by atoms with Gasteiger partial charge in [-0.1, -0.05) is 17.7 Å². The lowest BCUT2D eigenvalue weighted by atomic mass is 10.1. The molecule has 3 rings (SSSR count).